The van der Waals surface area contributed by atoms with Gasteiger partial charge in [0, 0.05) is 28.9 Å². The first-order chi connectivity index (χ1) is 14.9. The first kappa shape index (κ1) is 23.2. The molecule has 2 aromatic rings. The molecule has 1 unspecified atom stereocenters. The summed E-state index contributed by atoms with van der Waals surface area (Å²) in [5.74, 6) is -0.282. The molecule has 31 heavy (non-hydrogen) atoms. The Hall–Kier alpha value is -2.42. The molecule has 0 aliphatic carbocycles. The number of benzene rings is 2. The Balaban J connectivity index is 1.42. The molecule has 0 radical (unpaired) electrons. The summed E-state index contributed by atoms with van der Waals surface area (Å²) >= 11 is 3.41. The van der Waals surface area contributed by atoms with E-state index in [9.17, 15) is 9.59 Å². The number of carbonyl (C=O) groups is 2. The van der Waals surface area contributed by atoms with Gasteiger partial charge in [0.05, 0.1) is 32.3 Å². The number of likely N-dealkylation sites (N-methyl/N-ethyl adjacent to an activating group) is 1. The summed E-state index contributed by atoms with van der Waals surface area (Å²) < 4.78 is 6.37. The molecule has 1 heterocycles. The van der Waals surface area contributed by atoms with Crippen molar-refractivity contribution in [3.8, 4) is 0 Å². The number of anilines is 2. The quantitative estimate of drug-likeness (QED) is 0.597. The van der Waals surface area contributed by atoms with Crippen LogP contribution in [-0.2, 0) is 14.3 Å². The van der Waals surface area contributed by atoms with Gasteiger partial charge in [-0.2, -0.15) is 0 Å². The lowest BCUT2D eigenvalue weighted by molar-refractivity contribution is -0.123. The average molecular weight is 489 g/mol. The van der Waals surface area contributed by atoms with Crippen molar-refractivity contribution in [3.63, 3.8) is 0 Å². The number of hydrogen-bond acceptors (Lipinski definition) is 5. The Kier molecular flexibility index (Phi) is 8.45. The van der Waals surface area contributed by atoms with Crippen LogP contribution in [0.5, 0.6) is 0 Å². The summed E-state index contributed by atoms with van der Waals surface area (Å²) in [6.07, 6.45) is 0. The van der Waals surface area contributed by atoms with Crippen LogP contribution in [0.15, 0.2) is 53.0 Å². The van der Waals surface area contributed by atoms with Gasteiger partial charge >= 0.3 is 0 Å². The van der Waals surface area contributed by atoms with Crippen LogP contribution in [0.3, 0.4) is 0 Å². The summed E-state index contributed by atoms with van der Waals surface area (Å²) in [4.78, 5) is 28.6. The fourth-order valence-corrected chi connectivity index (χ4v) is 3.71. The van der Waals surface area contributed by atoms with E-state index in [1.165, 1.54) is 0 Å². The first-order valence-electron chi connectivity index (χ1n) is 10.4. The minimum Gasteiger partial charge on any atom is -0.378 e. The van der Waals surface area contributed by atoms with Gasteiger partial charge in [-0.25, -0.2) is 0 Å². The summed E-state index contributed by atoms with van der Waals surface area (Å²) in [5, 5.41) is 5.85. The van der Waals surface area contributed by atoms with E-state index in [-0.39, 0.29) is 30.9 Å². The minimum atomic E-state index is -0.157. The third-order valence-corrected chi connectivity index (χ3v) is 5.63. The summed E-state index contributed by atoms with van der Waals surface area (Å²) in [6, 6.07) is 15.5. The van der Waals surface area contributed by atoms with Gasteiger partial charge in [-0.05, 0) is 55.9 Å². The fraction of sp³-hybridized carbons (Fsp3) is 0.391. The van der Waals surface area contributed by atoms with Gasteiger partial charge in [0.15, 0.2) is 0 Å². The molecule has 0 bridgehead atoms. The predicted molar refractivity (Wildman–Crippen MR) is 126 cm³/mol. The van der Waals surface area contributed by atoms with Crippen molar-refractivity contribution in [2.45, 2.75) is 13.0 Å². The van der Waals surface area contributed by atoms with E-state index in [2.05, 4.69) is 31.5 Å². The van der Waals surface area contributed by atoms with Crippen LogP contribution < -0.4 is 15.5 Å². The van der Waals surface area contributed by atoms with Gasteiger partial charge in [0.2, 0.25) is 11.8 Å². The molecule has 0 spiro atoms. The number of rotatable bonds is 8. The Morgan fingerprint density at radius 1 is 1.03 bits per heavy atom. The van der Waals surface area contributed by atoms with Crippen LogP contribution >= 0.6 is 15.9 Å². The third-order valence-electron chi connectivity index (χ3n) is 5.10. The molecule has 2 N–H and O–H groups in total. The maximum absolute atomic E-state index is 12.4. The lowest BCUT2D eigenvalue weighted by atomic mass is 10.1. The van der Waals surface area contributed by atoms with Crippen molar-refractivity contribution in [2.24, 2.45) is 0 Å². The number of nitrogens with one attached hydrogen (secondary N) is 2. The fourth-order valence-electron chi connectivity index (χ4n) is 3.45. The van der Waals surface area contributed by atoms with E-state index in [1.807, 2.05) is 55.5 Å². The highest BCUT2D eigenvalue weighted by Crippen LogP contribution is 2.19. The molecule has 166 valence electrons. The number of halogens is 1. The smallest absolute Gasteiger partial charge is 0.238 e. The van der Waals surface area contributed by atoms with E-state index in [0.29, 0.717) is 0 Å². The molecule has 3 rings (SSSR count). The number of carbonyl (C=O) groups excluding carboxylic acids is 2. The lowest BCUT2D eigenvalue weighted by Gasteiger charge is -2.28. The van der Waals surface area contributed by atoms with Gasteiger partial charge < -0.3 is 20.3 Å². The number of amides is 2. The molecular weight excluding hydrogens is 460 g/mol. The second kappa shape index (κ2) is 11.3. The zero-order valence-corrected chi connectivity index (χ0v) is 19.5. The van der Waals surface area contributed by atoms with E-state index < -0.39 is 0 Å². The highest BCUT2D eigenvalue weighted by Gasteiger charge is 2.15. The zero-order valence-electron chi connectivity index (χ0n) is 17.9. The van der Waals surface area contributed by atoms with Crippen molar-refractivity contribution in [2.75, 3.05) is 56.7 Å². The lowest BCUT2D eigenvalue weighted by Crippen LogP contribution is -2.39. The van der Waals surface area contributed by atoms with Crippen LogP contribution in [0.1, 0.15) is 18.5 Å². The van der Waals surface area contributed by atoms with Gasteiger partial charge in [-0.15, -0.1) is 0 Å². The van der Waals surface area contributed by atoms with Crippen molar-refractivity contribution in [3.05, 3.63) is 58.6 Å². The SMILES string of the molecule is CC(NC(=O)CN(C)CC(=O)Nc1ccc(N2CCOCC2)cc1)c1ccc(Br)cc1. The molecule has 1 saturated heterocycles. The summed E-state index contributed by atoms with van der Waals surface area (Å²) in [5.41, 5.74) is 2.89. The van der Waals surface area contributed by atoms with Crippen molar-refractivity contribution < 1.29 is 14.3 Å². The Morgan fingerprint density at radius 3 is 2.29 bits per heavy atom. The molecule has 2 aromatic carbocycles. The second-order valence-electron chi connectivity index (χ2n) is 7.71. The van der Waals surface area contributed by atoms with E-state index >= 15 is 0 Å². The molecule has 1 aliphatic rings. The zero-order chi connectivity index (χ0) is 22.2. The monoisotopic (exact) mass is 488 g/mol. The Bertz CT molecular complexity index is 867. The van der Waals surface area contributed by atoms with Crippen molar-refractivity contribution in [1.29, 1.82) is 0 Å². The molecule has 1 aliphatic heterocycles. The second-order valence-corrected chi connectivity index (χ2v) is 8.62. The van der Waals surface area contributed by atoms with Crippen LogP contribution in [0.2, 0.25) is 0 Å². The van der Waals surface area contributed by atoms with E-state index in [1.54, 1.807) is 11.9 Å². The normalized spacial score (nSPS) is 14.9. The number of hydrogen-bond donors (Lipinski definition) is 2. The number of nitrogens with zero attached hydrogens (tertiary/aromatic N) is 2. The van der Waals surface area contributed by atoms with Crippen LogP contribution in [0, 0.1) is 0 Å². The standard InChI is InChI=1S/C23H29BrN4O3/c1-17(18-3-5-19(24)6-4-18)25-22(29)15-27(2)16-23(30)26-20-7-9-21(10-8-20)28-11-13-31-14-12-28/h3-10,17H,11-16H2,1-2H3,(H,25,29)(H,26,30). The maximum Gasteiger partial charge on any atom is 0.238 e. The van der Waals surface area contributed by atoms with Crippen molar-refractivity contribution in [1.82, 2.24) is 10.2 Å². The first-order valence-corrected chi connectivity index (χ1v) is 11.2. The molecule has 7 nitrogen and oxygen atoms in total. The minimum absolute atomic E-state index is 0.104. The highest BCUT2D eigenvalue weighted by atomic mass is 79.9. The predicted octanol–water partition coefficient (Wildman–Crippen LogP) is 3.03. The topological polar surface area (TPSA) is 73.9 Å². The van der Waals surface area contributed by atoms with Gasteiger partial charge in [-0.3, -0.25) is 14.5 Å². The largest absolute Gasteiger partial charge is 0.378 e. The van der Waals surface area contributed by atoms with Crippen LogP contribution in [0.25, 0.3) is 0 Å². The molecule has 1 atom stereocenters. The van der Waals surface area contributed by atoms with Gasteiger partial charge in [-0.1, -0.05) is 28.1 Å². The molecule has 2 amide bonds. The maximum atomic E-state index is 12.4. The Morgan fingerprint density at radius 2 is 1.65 bits per heavy atom. The van der Waals surface area contributed by atoms with Gasteiger partial charge in [0.25, 0.3) is 0 Å². The molecule has 0 saturated carbocycles. The number of ether oxygens (including phenoxy) is 1. The summed E-state index contributed by atoms with van der Waals surface area (Å²) in [6.45, 7) is 5.43. The summed E-state index contributed by atoms with van der Waals surface area (Å²) in [7, 11) is 1.75. The van der Waals surface area contributed by atoms with Gasteiger partial charge in [0.1, 0.15) is 0 Å². The third kappa shape index (κ3) is 7.34. The molecule has 0 aromatic heterocycles. The molecule has 8 heteroatoms. The number of morpholine rings is 1. The van der Waals surface area contributed by atoms with E-state index in [0.717, 1.165) is 47.7 Å². The van der Waals surface area contributed by atoms with Crippen molar-refractivity contribution >= 4 is 39.1 Å². The highest BCUT2D eigenvalue weighted by molar-refractivity contribution is 9.10. The van der Waals surface area contributed by atoms with Crippen LogP contribution in [0.4, 0.5) is 11.4 Å². The average Bonchev–Trinajstić information content (AvgIpc) is 2.75. The van der Waals surface area contributed by atoms with Crippen LogP contribution in [-0.4, -0.2) is 63.2 Å². The molecular formula is C23H29BrN4O3. The molecule has 1 fully saturated rings. The van der Waals surface area contributed by atoms with E-state index in [4.69, 9.17) is 4.74 Å². The Labute approximate surface area is 191 Å².